The molecule has 0 aromatic carbocycles. The molecule has 0 saturated carbocycles. The lowest BCUT2D eigenvalue weighted by Gasteiger charge is -2.42. The Bertz CT molecular complexity index is 305. The molecule has 0 fully saturated rings. The van der Waals surface area contributed by atoms with Crippen molar-refractivity contribution in [2.45, 2.75) is 58.0 Å². The molecule has 1 heterocycles. The molecule has 3 unspecified atom stereocenters. The normalized spacial score (nSPS) is 25.3. The molecule has 1 aliphatic rings. The van der Waals surface area contributed by atoms with Crippen LogP contribution < -0.4 is 0 Å². The van der Waals surface area contributed by atoms with Crippen LogP contribution in [0.15, 0.2) is 4.99 Å². The summed E-state index contributed by atoms with van der Waals surface area (Å²) < 4.78 is 8.39. The Kier molecular flexibility index (Phi) is 5.47. The molecule has 0 amide bonds. The molecule has 6 heteroatoms. The van der Waals surface area contributed by atoms with Crippen LogP contribution in [0.5, 0.6) is 0 Å². The SMILES string of the molecule is CCO[Si](C)(Cl)C(CC)C1CN=CN1[Si](C)(C)C. The summed E-state index contributed by atoms with van der Waals surface area (Å²) in [6.07, 6.45) is 3.12. The van der Waals surface area contributed by atoms with Gasteiger partial charge in [-0.3, -0.25) is 4.99 Å². The van der Waals surface area contributed by atoms with E-state index in [9.17, 15) is 0 Å². The average molecular weight is 307 g/mol. The van der Waals surface area contributed by atoms with E-state index in [2.05, 4.69) is 42.7 Å². The van der Waals surface area contributed by atoms with Crippen molar-refractivity contribution < 1.29 is 4.43 Å². The van der Waals surface area contributed by atoms with Gasteiger partial charge in [-0.15, -0.1) is 11.1 Å². The summed E-state index contributed by atoms with van der Waals surface area (Å²) in [5.41, 5.74) is 0.438. The third-order valence-corrected chi connectivity index (χ3v) is 9.76. The van der Waals surface area contributed by atoms with Crippen LogP contribution in [-0.2, 0) is 4.43 Å². The van der Waals surface area contributed by atoms with Gasteiger partial charge >= 0.3 is 0 Å². The van der Waals surface area contributed by atoms with E-state index < -0.39 is 15.9 Å². The molecule has 0 aromatic rings. The second-order valence-corrected chi connectivity index (χ2v) is 16.2. The van der Waals surface area contributed by atoms with E-state index in [1.807, 2.05) is 13.3 Å². The predicted molar refractivity (Wildman–Crippen MR) is 85.5 cm³/mol. The molecular weight excluding hydrogens is 280 g/mol. The highest BCUT2D eigenvalue weighted by Gasteiger charge is 2.46. The maximum Gasteiger partial charge on any atom is 0.292 e. The summed E-state index contributed by atoms with van der Waals surface area (Å²) in [7, 11) is -3.52. The van der Waals surface area contributed by atoms with E-state index in [4.69, 9.17) is 15.5 Å². The van der Waals surface area contributed by atoms with E-state index >= 15 is 0 Å². The van der Waals surface area contributed by atoms with Crippen LogP contribution in [0.2, 0.25) is 31.7 Å². The fourth-order valence-corrected chi connectivity index (χ4v) is 8.30. The molecule has 0 aromatic heterocycles. The van der Waals surface area contributed by atoms with Gasteiger partial charge in [-0.25, -0.2) is 0 Å². The van der Waals surface area contributed by atoms with Gasteiger partial charge in [0.25, 0.3) is 7.63 Å². The Hall–Kier alpha value is 0.154. The number of rotatable bonds is 6. The third kappa shape index (κ3) is 3.59. The zero-order chi connectivity index (χ0) is 14.0. The molecule has 1 rings (SSSR count). The van der Waals surface area contributed by atoms with Gasteiger partial charge in [0.15, 0.2) is 0 Å². The minimum atomic E-state index is -2.15. The van der Waals surface area contributed by atoms with Crippen LogP contribution in [0.4, 0.5) is 0 Å². The molecule has 0 saturated heterocycles. The Morgan fingerprint density at radius 1 is 1.39 bits per heavy atom. The fraction of sp³-hybridized carbons (Fsp3) is 0.917. The Morgan fingerprint density at radius 2 is 2.00 bits per heavy atom. The predicted octanol–water partition coefficient (Wildman–Crippen LogP) is 3.66. The van der Waals surface area contributed by atoms with Gasteiger partial charge in [-0.1, -0.05) is 33.0 Å². The highest BCUT2D eigenvalue weighted by atomic mass is 35.6. The van der Waals surface area contributed by atoms with Crippen molar-refractivity contribution in [3.8, 4) is 0 Å². The van der Waals surface area contributed by atoms with E-state index in [-0.39, 0.29) is 0 Å². The van der Waals surface area contributed by atoms with Crippen LogP contribution in [0.3, 0.4) is 0 Å². The lowest BCUT2D eigenvalue weighted by Crippen LogP contribution is -2.55. The van der Waals surface area contributed by atoms with E-state index in [1.54, 1.807) is 0 Å². The maximum atomic E-state index is 6.75. The summed E-state index contributed by atoms with van der Waals surface area (Å²) in [6, 6.07) is 0.447. The van der Waals surface area contributed by atoms with Crippen molar-refractivity contribution in [3.05, 3.63) is 0 Å². The first-order valence-electron chi connectivity index (χ1n) is 6.85. The first-order chi connectivity index (χ1) is 8.24. The lowest BCUT2D eigenvalue weighted by atomic mass is 10.2. The standard InChI is InChI=1S/C12H27ClN2OSi2/c1-7-12(18(6,13)16-8-2)11-9-14-10-15(11)17(3,4)5/h10-12H,7-9H2,1-6H3. The fourth-order valence-electron chi connectivity index (χ4n) is 2.78. The van der Waals surface area contributed by atoms with Crippen LogP contribution in [0.1, 0.15) is 20.3 Å². The second-order valence-electron chi connectivity index (χ2n) is 6.06. The van der Waals surface area contributed by atoms with Gasteiger partial charge in [-0.05, 0) is 13.5 Å². The molecule has 18 heavy (non-hydrogen) atoms. The molecule has 3 nitrogen and oxygen atoms in total. The smallest absolute Gasteiger partial charge is 0.292 e. The van der Waals surface area contributed by atoms with Crippen LogP contribution >= 0.6 is 11.1 Å². The highest BCUT2D eigenvalue weighted by molar-refractivity contribution is 7.16. The molecule has 0 bridgehead atoms. The molecule has 0 radical (unpaired) electrons. The van der Waals surface area contributed by atoms with E-state index in [0.717, 1.165) is 13.0 Å². The number of hydrogen-bond donors (Lipinski definition) is 0. The summed E-state index contributed by atoms with van der Waals surface area (Å²) in [4.78, 5) is 4.50. The van der Waals surface area contributed by atoms with Gasteiger partial charge in [0.2, 0.25) is 0 Å². The maximum absolute atomic E-state index is 6.75. The van der Waals surface area contributed by atoms with Gasteiger partial charge in [0.05, 0.1) is 12.9 Å². The first kappa shape index (κ1) is 16.2. The summed E-state index contributed by atoms with van der Waals surface area (Å²) in [5.74, 6) is 0. The van der Waals surface area contributed by atoms with Crippen molar-refractivity contribution in [2.24, 2.45) is 4.99 Å². The van der Waals surface area contributed by atoms with Gasteiger partial charge < -0.3 is 8.99 Å². The third-order valence-electron chi connectivity index (χ3n) is 3.62. The molecule has 106 valence electrons. The number of nitrogens with zero attached hydrogens (tertiary/aromatic N) is 2. The second kappa shape index (κ2) is 6.07. The Labute approximate surface area is 118 Å². The van der Waals surface area contributed by atoms with Crippen LogP contribution in [-0.4, -0.2) is 46.0 Å². The minimum Gasteiger partial charge on any atom is -0.403 e. The molecule has 0 aliphatic carbocycles. The van der Waals surface area contributed by atoms with E-state index in [1.165, 1.54) is 0 Å². The molecule has 0 spiro atoms. The molecule has 1 aliphatic heterocycles. The summed E-state index contributed by atoms with van der Waals surface area (Å²) >= 11 is 6.75. The van der Waals surface area contributed by atoms with Crippen molar-refractivity contribution >= 4 is 33.3 Å². The van der Waals surface area contributed by atoms with Crippen molar-refractivity contribution in [3.63, 3.8) is 0 Å². The average Bonchev–Trinajstić information content (AvgIpc) is 2.66. The molecular formula is C12H27ClN2OSi2. The van der Waals surface area contributed by atoms with E-state index in [0.29, 0.717) is 18.2 Å². The van der Waals surface area contributed by atoms with Crippen molar-refractivity contribution in [1.29, 1.82) is 0 Å². The topological polar surface area (TPSA) is 24.8 Å². The lowest BCUT2D eigenvalue weighted by molar-refractivity contribution is 0.310. The highest BCUT2D eigenvalue weighted by Crippen LogP contribution is 2.38. The van der Waals surface area contributed by atoms with Crippen LogP contribution in [0.25, 0.3) is 0 Å². The van der Waals surface area contributed by atoms with Gasteiger partial charge in [-0.2, -0.15) is 0 Å². The largest absolute Gasteiger partial charge is 0.403 e. The molecule has 0 N–H and O–H groups in total. The molecule has 3 atom stereocenters. The summed E-state index contributed by atoms with van der Waals surface area (Å²) in [6.45, 7) is 15.1. The number of hydrogen-bond acceptors (Lipinski definition) is 3. The van der Waals surface area contributed by atoms with Crippen molar-refractivity contribution in [2.75, 3.05) is 13.2 Å². The summed E-state index contributed by atoms with van der Waals surface area (Å²) in [5, 5.41) is 0. The zero-order valence-electron chi connectivity index (χ0n) is 12.5. The number of aliphatic imine (C=N–C) groups is 1. The van der Waals surface area contributed by atoms with Crippen LogP contribution in [0, 0.1) is 0 Å². The monoisotopic (exact) mass is 306 g/mol. The first-order valence-corrected chi connectivity index (χ1v) is 13.8. The van der Waals surface area contributed by atoms with Crippen molar-refractivity contribution in [1.82, 2.24) is 4.57 Å². The zero-order valence-corrected chi connectivity index (χ0v) is 15.3. The van der Waals surface area contributed by atoms with Gasteiger partial charge in [0.1, 0.15) is 8.24 Å². The Balaban J connectivity index is 2.89. The Morgan fingerprint density at radius 3 is 2.44 bits per heavy atom. The quantitative estimate of drug-likeness (QED) is 0.552. The number of halogens is 1. The van der Waals surface area contributed by atoms with Gasteiger partial charge in [0, 0.05) is 18.2 Å². The minimum absolute atomic E-state index is 0.438.